The number of halogens is 2. The van der Waals surface area contributed by atoms with Crippen molar-refractivity contribution in [3.63, 3.8) is 0 Å². The Hall–Kier alpha value is -0.900. The Labute approximate surface area is 102 Å². The monoisotopic (exact) mass is 256 g/mol. The summed E-state index contributed by atoms with van der Waals surface area (Å²) in [6.45, 7) is 0. The molecule has 2 rings (SSSR count). The zero-order valence-corrected chi connectivity index (χ0v) is 9.93. The minimum Gasteiger partial charge on any atom is -0.388 e. The molecule has 1 N–H and O–H groups in total. The molecule has 0 bridgehead atoms. The third-order valence-corrected chi connectivity index (χ3v) is 3.53. The molecule has 0 amide bonds. The molecule has 1 nitrogen and oxygen atoms in total. The predicted octanol–water partition coefficient (Wildman–Crippen LogP) is 3.82. The van der Waals surface area contributed by atoms with E-state index in [1.54, 1.807) is 18.2 Å². The van der Waals surface area contributed by atoms with Gasteiger partial charge >= 0.3 is 0 Å². The van der Waals surface area contributed by atoms with E-state index in [-0.39, 0.29) is 5.82 Å². The van der Waals surface area contributed by atoms with Gasteiger partial charge in [-0.25, -0.2) is 4.39 Å². The first-order valence-electron chi connectivity index (χ1n) is 4.83. The molecule has 0 aliphatic carbocycles. The van der Waals surface area contributed by atoms with Crippen molar-refractivity contribution < 1.29 is 9.50 Å². The summed E-state index contributed by atoms with van der Waals surface area (Å²) < 4.78 is 13.4. The molecule has 0 saturated carbocycles. The molecular weight excluding hydrogens is 247 g/mol. The molecule has 1 heterocycles. The Morgan fingerprint density at radius 1 is 1.19 bits per heavy atom. The van der Waals surface area contributed by atoms with E-state index in [0.717, 1.165) is 4.88 Å². The van der Waals surface area contributed by atoms with Gasteiger partial charge in [0.1, 0.15) is 5.82 Å². The quantitative estimate of drug-likeness (QED) is 0.885. The fourth-order valence-corrected chi connectivity index (χ4v) is 2.58. The normalized spacial score (nSPS) is 12.7. The third-order valence-electron chi connectivity index (χ3n) is 2.28. The first-order chi connectivity index (χ1) is 7.65. The Bertz CT molecular complexity index is 466. The standard InChI is InChI=1S/C12H10ClFOS/c13-12-6-5-10(16-12)7-11(15)8-1-3-9(14)4-2-8/h1-6,11,15H,7H2. The average Bonchev–Trinajstić information content (AvgIpc) is 2.65. The highest BCUT2D eigenvalue weighted by Gasteiger charge is 2.10. The van der Waals surface area contributed by atoms with E-state index >= 15 is 0 Å². The van der Waals surface area contributed by atoms with Gasteiger partial charge in [0.25, 0.3) is 0 Å². The number of rotatable bonds is 3. The lowest BCUT2D eigenvalue weighted by Gasteiger charge is -2.09. The van der Waals surface area contributed by atoms with E-state index in [2.05, 4.69) is 0 Å². The molecule has 0 radical (unpaired) electrons. The minimum atomic E-state index is -0.615. The van der Waals surface area contributed by atoms with Crippen molar-refractivity contribution in [3.8, 4) is 0 Å². The van der Waals surface area contributed by atoms with Gasteiger partial charge in [-0.2, -0.15) is 0 Å². The Kier molecular flexibility index (Phi) is 3.59. The maximum atomic E-state index is 12.7. The van der Waals surface area contributed by atoms with E-state index in [0.29, 0.717) is 16.3 Å². The number of benzene rings is 1. The fourth-order valence-electron chi connectivity index (χ4n) is 1.45. The Morgan fingerprint density at radius 2 is 1.88 bits per heavy atom. The van der Waals surface area contributed by atoms with Crippen molar-refractivity contribution in [1.82, 2.24) is 0 Å². The largest absolute Gasteiger partial charge is 0.388 e. The molecule has 4 heteroatoms. The average molecular weight is 257 g/mol. The van der Waals surface area contributed by atoms with Crippen molar-refractivity contribution in [1.29, 1.82) is 0 Å². The summed E-state index contributed by atoms with van der Waals surface area (Å²) in [7, 11) is 0. The number of aliphatic hydroxyl groups excluding tert-OH is 1. The van der Waals surface area contributed by atoms with Crippen molar-refractivity contribution in [2.45, 2.75) is 12.5 Å². The summed E-state index contributed by atoms with van der Waals surface area (Å²) in [5.41, 5.74) is 0.714. The number of hydrogen-bond acceptors (Lipinski definition) is 2. The topological polar surface area (TPSA) is 20.2 Å². The fraction of sp³-hybridized carbons (Fsp3) is 0.167. The summed E-state index contributed by atoms with van der Waals surface area (Å²) in [5.74, 6) is -0.296. The van der Waals surface area contributed by atoms with Gasteiger partial charge in [0.2, 0.25) is 0 Å². The van der Waals surface area contributed by atoms with E-state index in [1.807, 2.05) is 6.07 Å². The van der Waals surface area contributed by atoms with Gasteiger partial charge in [0, 0.05) is 11.3 Å². The van der Waals surface area contributed by atoms with Crippen LogP contribution >= 0.6 is 22.9 Å². The van der Waals surface area contributed by atoms with Gasteiger partial charge < -0.3 is 5.11 Å². The van der Waals surface area contributed by atoms with Gasteiger partial charge in [0.15, 0.2) is 0 Å². The van der Waals surface area contributed by atoms with Crippen LogP contribution in [0.3, 0.4) is 0 Å². The summed E-state index contributed by atoms with van der Waals surface area (Å²) in [4.78, 5) is 1.02. The van der Waals surface area contributed by atoms with Crippen LogP contribution in [0, 0.1) is 5.82 Å². The molecular formula is C12H10ClFOS. The van der Waals surface area contributed by atoms with Crippen LogP contribution in [0.15, 0.2) is 36.4 Å². The van der Waals surface area contributed by atoms with E-state index in [9.17, 15) is 9.50 Å². The highest BCUT2D eigenvalue weighted by atomic mass is 35.5. The highest BCUT2D eigenvalue weighted by Crippen LogP contribution is 2.26. The lowest BCUT2D eigenvalue weighted by atomic mass is 10.1. The van der Waals surface area contributed by atoms with E-state index in [1.165, 1.54) is 23.5 Å². The second-order valence-corrected chi connectivity index (χ2v) is 5.28. The van der Waals surface area contributed by atoms with Gasteiger partial charge in [-0.3, -0.25) is 0 Å². The first kappa shape index (κ1) is 11.6. The molecule has 16 heavy (non-hydrogen) atoms. The molecule has 0 spiro atoms. The van der Waals surface area contributed by atoms with E-state index < -0.39 is 6.10 Å². The molecule has 0 aliphatic rings. The lowest BCUT2D eigenvalue weighted by Crippen LogP contribution is -2.00. The molecule has 0 aliphatic heterocycles. The summed E-state index contributed by atoms with van der Waals surface area (Å²) in [6, 6.07) is 9.57. The minimum absolute atomic E-state index is 0.296. The van der Waals surface area contributed by atoms with Gasteiger partial charge in [0.05, 0.1) is 10.4 Å². The third kappa shape index (κ3) is 2.82. The second-order valence-electron chi connectivity index (χ2n) is 3.48. The number of thiophene rings is 1. The lowest BCUT2D eigenvalue weighted by molar-refractivity contribution is 0.179. The molecule has 0 fully saturated rings. The summed E-state index contributed by atoms with van der Waals surface area (Å²) in [5, 5.41) is 9.92. The van der Waals surface area contributed by atoms with Crippen molar-refractivity contribution in [2.24, 2.45) is 0 Å². The summed E-state index contributed by atoms with van der Waals surface area (Å²) in [6.07, 6.45) is -0.112. The Balaban J connectivity index is 2.08. The molecule has 1 atom stereocenters. The van der Waals surface area contributed by atoms with Crippen molar-refractivity contribution >= 4 is 22.9 Å². The first-order valence-corrected chi connectivity index (χ1v) is 6.02. The Morgan fingerprint density at radius 3 is 2.44 bits per heavy atom. The number of aliphatic hydroxyl groups is 1. The van der Waals surface area contributed by atoms with Crippen LogP contribution in [0.4, 0.5) is 4.39 Å². The molecule has 1 unspecified atom stereocenters. The molecule has 1 aromatic carbocycles. The SMILES string of the molecule is OC(Cc1ccc(Cl)s1)c1ccc(F)cc1. The highest BCUT2D eigenvalue weighted by molar-refractivity contribution is 7.16. The van der Waals surface area contributed by atoms with Crippen LogP contribution in [-0.4, -0.2) is 5.11 Å². The second kappa shape index (κ2) is 4.95. The maximum Gasteiger partial charge on any atom is 0.123 e. The van der Waals surface area contributed by atoms with Crippen molar-refractivity contribution in [3.05, 3.63) is 57.0 Å². The van der Waals surface area contributed by atoms with Gasteiger partial charge in [-0.15, -0.1) is 11.3 Å². The smallest absolute Gasteiger partial charge is 0.123 e. The van der Waals surface area contributed by atoms with Gasteiger partial charge in [-0.05, 0) is 29.8 Å². The van der Waals surface area contributed by atoms with E-state index in [4.69, 9.17) is 11.6 Å². The van der Waals surface area contributed by atoms with Crippen LogP contribution in [0.1, 0.15) is 16.5 Å². The summed E-state index contributed by atoms with van der Waals surface area (Å²) >= 11 is 7.24. The predicted molar refractivity (Wildman–Crippen MR) is 64.4 cm³/mol. The number of hydrogen-bond donors (Lipinski definition) is 1. The van der Waals surface area contributed by atoms with Crippen LogP contribution in [0.5, 0.6) is 0 Å². The molecule has 84 valence electrons. The van der Waals surface area contributed by atoms with Crippen LogP contribution in [-0.2, 0) is 6.42 Å². The van der Waals surface area contributed by atoms with Crippen molar-refractivity contribution in [2.75, 3.05) is 0 Å². The maximum absolute atomic E-state index is 12.7. The zero-order chi connectivity index (χ0) is 11.5. The molecule has 1 aromatic heterocycles. The molecule has 2 aromatic rings. The van der Waals surface area contributed by atoms with Crippen LogP contribution in [0.2, 0.25) is 4.34 Å². The molecule has 0 saturated heterocycles. The zero-order valence-electron chi connectivity index (χ0n) is 8.36. The van der Waals surface area contributed by atoms with Crippen LogP contribution in [0.25, 0.3) is 0 Å². The van der Waals surface area contributed by atoms with Crippen LogP contribution < -0.4 is 0 Å². The van der Waals surface area contributed by atoms with Gasteiger partial charge in [-0.1, -0.05) is 23.7 Å².